The number of hydrogen-bond donors (Lipinski definition) is 1. The Morgan fingerprint density at radius 2 is 1.88 bits per heavy atom. The van der Waals surface area contributed by atoms with Gasteiger partial charge in [-0.2, -0.15) is 0 Å². The van der Waals surface area contributed by atoms with E-state index < -0.39 is 27.6 Å². The summed E-state index contributed by atoms with van der Waals surface area (Å²) < 4.78 is 42.8. The van der Waals surface area contributed by atoms with Gasteiger partial charge in [0.1, 0.15) is 11.9 Å². The molecular weight excluding hydrogens is 690 g/mol. The maximum atomic E-state index is 13.8. The van der Waals surface area contributed by atoms with E-state index >= 15 is 0 Å². The number of sulfonamides is 1. The summed E-state index contributed by atoms with van der Waals surface area (Å²) in [4.78, 5) is 35.0. The van der Waals surface area contributed by atoms with Gasteiger partial charge in [-0.05, 0) is 121 Å². The molecule has 2 fully saturated rings. The molecule has 0 radical (unpaired) electrons. The molecule has 2 aliphatic carbocycles. The van der Waals surface area contributed by atoms with Crippen molar-refractivity contribution in [1.29, 1.82) is 0 Å². The van der Waals surface area contributed by atoms with Gasteiger partial charge < -0.3 is 24.2 Å². The largest absolute Gasteiger partial charge is 0.490 e. The van der Waals surface area contributed by atoms with Gasteiger partial charge in [0.15, 0.2) is 0 Å². The fourth-order valence-electron chi connectivity index (χ4n) is 8.25. The molecule has 3 aliphatic heterocycles. The van der Waals surface area contributed by atoms with Crippen molar-refractivity contribution in [3.8, 4) is 5.75 Å². The van der Waals surface area contributed by atoms with Crippen molar-refractivity contribution in [1.82, 2.24) is 19.4 Å². The van der Waals surface area contributed by atoms with E-state index in [1.807, 2.05) is 32.3 Å². The average molecular weight is 740 g/mol. The molecular formula is C38H50ClN5O6S. The van der Waals surface area contributed by atoms with Crippen molar-refractivity contribution in [2.24, 2.45) is 11.8 Å². The van der Waals surface area contributed by atoms with Gasteiger partial charge in [0.25, 0.3) is 15.9 Å². The molecule has 276 valence electrons. The zero-order chi connectivity index (χ0) is 36.3. The van der Waals surface area contributed by atoms with Crippen LogP contribution in [0.2, 0.25) is 5.02 Å². The van der Waals surface area contributed by atoms with Crippen LogP contribution in [0.25, 0.3) is 0 Å². The molecule has 4 atom stereocenters. The number of rotatable bonds is 2. The summed E-state index contributed by atoms with van der Waals surface area (Å²) in [5, 5.41) is 0.710. The summed E-state index contributed by atoms with van der Waals surface area (Å²) in [6.45, 7) is 6.69. The standard InChI is InChI=1S/C38H50ClN5O6S/c1-37(2)35(45)40-51(47,48)29-12-15-34-32(19-29)44(23-38(24-49-34)16-6-8-25-18-27(39)11-14-31(25)38)20-26-10-13-30(26)33(9-7-17-42(37)5)50-36(46)43-21-28(22-43)41(3)4/h7,9,11-12,14-15,18-19,26,28,30,33H,6,8,10,13,16-17,20-24H2,1-5H3,(H,40,45)/t26-,30+,33-,38-/m0/s1. The molecule has 1 saturated carbocycles. The van der Waals surface area contributed by atoms with E-state index in [4.69, 9.17) is 21.1 Å². The van der Waals surface area contributed by atoms with Crippen molar-refractivity contribution in [3.05, 3.63) is 64.7 Å². The van der Waals surface area contributed by atoms with Crippen molar-refractivity contribution in [2.45, 2.75) is 73.9 Å². The Hall–Kier alpha value is -3.32. The molecule has 0 aromatic heterocycles. The molecule has 1 N–H and O–H groups in total. The molecule has 13 heteroatoms. The smallest absolute Gasteiger partial charge is 0.410 e. The predicted octanol–water partition coefficient (Wildman–Crippen LogP) is 4.68. The van der Waals surface area contributed by atoms with E-state index in [2.05, 4.69) is 26.7 Å². The Morgan fingerprint density at radius 3 is 2.61 bits per heavy atom. The van der Waals surface area contributed by atoms with Crippen LogP contribution in [0.15, 0.2) is 53.4 Å². The first-order valence-electron chi connectivity index (χ1n) is 18.0. The van der Waals surface area contributed by atoms with Crippen LogP contribution in [0.5, 0.6) is 5.75 Å². The first-order chi connectivity index (χ1) is 24.2. The Morgan fingerprint density at radius 1 is 1.10 bits per heavy atom. The highest BCUT2D eigenvalue weighted by molar-refractivity contribution is 7.90. The summed E-state index contributed by atoms with van der Waals surface area (Å²) in [5.41, 5.74) is 1.61. The Bertz CT molecular complexity index is 1830. The molecule has 0 unspecified atom stereocenters. The number of benzene rings is 2. The van der Waals surface area contributed by atoms with Crippen molar-refractivity contribution in [2.75, 3.05) is 65.4 Å². The Kier molecular flexibility index (Phi) is 9.60. The molecule has 2 aromatic carbocycles. The number of hydrogen-bond acceptors (Lipinski definition) is 9. The first kappa shape index (κ1) is 36.1. The van der Waals surface area contributed by atoms with Gasteiger partial charge in [-0.15, -0.1) is 0 Å². The number of carbonyl (C=O) groups is 2. The zero-order valence-electron chi connectivity index (χ0n) is 30.2. The number of likely N-dealkylation sites (N-methyl/N-ethyl adjacent to an activating group) is 2. The van der Waals surface area contributed by atoms with Gasteiger partial charge in [-0.1, -0.05) is 23.7 Å². The van der Waals surface area contributed by atoms with E-state index in [0.717, 1.165) is 32.1 Å². The number of nitrogens with one attached hydrogen (secondary N) is 1. The third-order valence-corrected chi connectivity index (χ3v) is 13.8. The third kappa shape index (κ3) is 6.84. The second-order valence-electron chi connectivity index (χ2n) is 15.9. The van der Waals surface area contributed by atoms with Crippen molar-refractivity contribution >= 4 is 39.3 Å². The lowest BCUT2D eigenvalue weighted by molar-refractivity contribution is -0.128. The lowest BCUT2D eigenvalue weighted by atomic mass is 9.68. The van der Waals surface area contributed by atoms with E-state index in [-0.39, 0.29) is 28.2 Å². The molecule has 51 heavy (non-hydrogen) atoms. The van der Waals surface area contributed by atoms with Crippen LogP contribution >= 0.6 is 11.6 Å². The SMILES string of the molecule is CN(C)C1CN(C(=O)O[C@H]2C=CCN(C)C(C)(C)C(=O)NS(=O)(=O)c3ccc4c(c3)N(C[C@@H]3CC[C@H]32)C[C@@]2(CCCc3cc(Cl)ccc32)CO4)C1. The predicted molar refractivity (Wildman–Crippen MR) is 197 cm³/mol. The fourth-order valence-corrected chi connectivity index (χ4v) is 9.57. The zero-order valence-corrected chi connectivity index (χ0v) is 31.8. The Balaban J connectivity index is 1.27. The first-order valence-corrected chi connectivity index (χ1v) is 19.9. The summed E-state index contributed by atoms with van der Waals surface area (Å²) in [6.07, 6.45) is 7.82. The second-order valence-corrected chi connectivity index (χ2v) is 18.0. The van der Waals surface area contributed by atoms with Gasteiger partial charge in [0, 0.05) is 55.1 Å². The number of halogens is 1. The van der Waals surface area contributed by atoms with Crippen LogP contribution in [0, 0.1) is 11.8 Å². The van der Waals surface area contributed by atoms with Gasteiger partial charge >= 0.3 is 6.09 Å². The molecule has 7 rings (SSSR count). The van der Waals surface area contributed by atoms with Crippen LogP contribution in [-0.4, -0.2) is 113 Å². The third-order valence-electron chi connectivity index (χ3n) is 12.2. The second kappa shape index (κ2) is 13.6. The normalized spacial score (nSPS) is 29.2. The molecule has 2 bridgehead atoms. The molecule has 5 aliphatic rings. The summed E-state index contributed by atoms with van der Waals surface area (Å²) in [5.74, 6) is 0.210. The molecule has 2 amide bonds. The van der Waals surface area contributed by atoms with E-state index in [1.54, 1.807) is 42.8 Å². The van der Waals surface area contributed by atoms with Crippen LogP contribution in [0.4, 0.5) is 10.5 Å². The number of fused-ring (bicyclic) bond motifs is 4. The number of amides is 2. The molecule has 3 heterocycles. The van der Waals surface area contributed by atoms with Crippen LogP contribution in [-0.2, 0) is 31.4 Å². The van der Waals surface area contributed by atoms with Crippen molar-refractivity contribution in [3.63, 3.8) is 0 Å². The maximum absolute atomic E-state index is 13.8. The van der Waals surface area contributed by atoms with Gasteiger partial charge in [-0.3, -0.25) is 9.69 Å². The van der Waals surface area contributed by atoms with Crippen LogP contribution in [0.1, 0.15) is 50.7 Å². The van der Waals surface area contributed by atoms with E-state index in [9.17, 15) is 18.0 Å². The highest BCUT2D eigenvalue weighted by Gasteiger charge is 2.46. The quantitative estimate of drug-likeness (QED) is 0.440. The molecule has 1 spiro atoms. The van der Waals surface area contributed by atoms with Crippen LogP contribution in [0.3, 0.4) is 0 Å². The lowest BCUT2D eigenvalue weighted by Gasteiger charge is -2.47. The number of aryl methyl sites for hydroxylation is 1. The topological polar surface area (TPSA) is 112 Å². The monoisotopic (exact) mass is 739 g/mol. The highest BCUT2D eigenvalue weighted by Crippen LogP contribution is 2.47. The lowest BCUT2D eigenvalue weighted by Crippen LogP contribution is -2.60. The minimum Gasteiger partial charge on any atom is -0.490 e. The molecule has 2 aromatic rings. The van der Waals surface area contributed by atoms with Gasteiger partial charge in [0.05, 0.1) is 22.7 Å². The summed E-state index contributed by atoms with van der Waals surface area (Å²) in [6, 6.07) is 11.3. The average Bonchev–Trinajstić information content (AvgIpc) is 3.18. The maximum Gasteiger partial charge on any atom is 0.410 e. The van der Waals surface area contributed by atoms with Crippen LogP contribution < -0.4 is 14.4 Å². The Labute approximate surface area is 306 Å². The summed E-state index contributed by atoms with van der Waals surface area (Å²) in [7, 11) is 1.61. The van der Waals surface area contributed by atoms with Gasteiger partial charge in [-0.25, -0.2) is 17.9 Å². The summed E-state index contributed by atoms with van der Waals surface area (Å²) >= 11 is 6.45. The molecule has 1 saturated heterocycles. The van der Waals surface area contributed by atoms with Gasteiger partial charge in [0.2, 0.25) is 0 Å². The number of likely N-dealkylation sites (tertiary alicyclic amines) is 1. The molecule has 11 nitrogen and oxygen atoms in total. The van der Waals surface area contributed by atoms with Crippen molar-refractivity contribution < 1.29 is 27.5 Å². The number of nitrogens with zero attached hydrogens (tertiary/aromatic N) is 4. The number of carbonyl (C=O) groups excluding carboxylic acids is 2. The number of ether oxygens (including phenoxy) is 2. The fraction of sp³-hybridized carbons (Fsp3) is 0.579. The van der Waals surface area contributed by atoms with E-state index in [0.29, 0.717) is 61.8 Å². The minimum atomic E-state index is -4.21. The minimum absolute atomic E-state index is 0.00274. The number of anilines is 1. The highest BCUT2D eigenvalue weighted by atomic mass is 35.5. The van der Waals surface area contributed by atoms with E-state index in [1.165, 1.54) is 17.2 Å².